The number of pyridine rings is 2. The first-order valence-electron chi connectivity index (χ1n) is 6.32. The minimum absolute atomic E-state index is 0.901. The molecule has 2 rings (SSSR count). The Labute approximate surface area is 107 Å². The minimum Gasteiger partial charge on any atom is -0.357 e. The monoisotopic (exact) mass is 244 g/mol. The van der Waals surface area contributed by atoms with Gasteiger partial charge in [0, 0.05) is 25.2 Å². The van der Waals surface area contributed by atoms with Crippen LogP contribution in [0.25, 0.3) is 11.4 Å². The number of rotatable bonds is 5. The van der Waals surface area contributed by atoms with Crippen LogP contribution in [0, 0.1) is 0 Å². The average molecular weight is 244 g/mol. The average Bonchev–Trinajstić information content (AvgIpc) is 2.40. The van der Waals surface area contributed by atoms with Gasteiger partial charge in [-0.1, -0.05) is 0 Å². The molecule has 0 spiro atoms. The molecule has 18 heavy (non-hydrogen) atoms. The van der Waals surface area contributed by atoms with Crippen molar-refractivity contribution in [2.45, 2.75) is 12.8 Å². The predicted molar refractivity (Wildman–Crippen MR) is 70.4 cm³/mol. The van der Waals surface area contributed by atoms with E-state index in [1.807, 2.05) is 24.5 Å². The second kappa shape index (κ2) is 6.23. The molecule has 0 saturated carbocycles. The summed E-state index contributed by atoms with van der Waals surface area (Å²) in [4.78, 5) is 8.79. The van der Waals surface area contributed by atoms with Crippen molar-refractivity contribution in [3.05, 3.63) is 47.8 Å². The van der Waals surface area contributed by atoms with Crippen LogP contribution in [0.5, 0.6) is 0 Å². The van der Waals surface area contributed by atoms with Crippen LogP contribution in [0.2, 0.25) is 0 Å². The Bertz CT molecular complexity index is 463. The minimum atomic E-state index is 0.901. The molecule has 0 bridgehead atoms. The van der Waals surface area contributed by atoms with E-state index in [1.54, 1.807) is 0 Å². The van der Waals surface area contributed by atoms with Gasteiger partial charge in [-0.2, -0.15) is 0 Å². The largest absolute Gasteiger partial charge is 0.357 e. The predicted octanol–water partition coefficient (Wildman–Crippen LogP) is -0.288. The molecule has 4 nitrogen and oxygen atoms in total. The van der Waals surface area contributed by atoms with Crippen molar-refractivity contribution >= 4 is 0 Å². The van der Waals surface area contributed by atoms with Crippen molar-refractivity contribution < 1.29 is 11.5 Å². The van der Waals surface area contributed by atoms with Crippen molar-refractivity contribution in [1.29, 1.82) is 0 Å². The lowest BCUT2D eigenvalue weighted by atomic mass is 10.1. The smallest absolute Gasteiger partial charge is 0.0888 e. The number of aromatic nitrogens is 2. The molecular weight excluding hydrogens is 224 g/mol. The van der Waals surface area contributed by atoms with E-state index in [-0.39, 0.29) is 0 Å². The molecule has 0 aromatic carbocycles. The number of nitrogens with zero attached hydrogens (tertiary/aromatic N) is 2. The molecule has 0 aliphatic rings. The summed E-state index contributed by atoms with van der Waals surface area (Å²) in [7, 11) is 0. The third kappa shape index (κ3) is 3.12. The van der Waals surface area contributed by atoms with Crippen LogP contribution in [-0.2, 0) is 12.8 Å². The standard InChI is InChI=1S/C14H18N4/c15-5-1-11-3-7-17-13(9-11)14-10-12(2-6-16)4-8-18-14/h3-4,7-10H,1-2,5-6,15-16H2/p+2. The Morgan fingerprint density at radius 3 is 1.61 bits per heavy atom. The van der Waals surface area contributed by atoms with Gasteiger partial charge in [0.2, 0.25) is 0 Å². The van der Waals surface area contributed by atoms with E-state index in [9.17, 15) is 0 Å². The molecule has 0 atom stereocenters. The Kier molecular flexibility index (Phi) is 4.39. The van der Waals surface area contributed by atoms with Crippen molar-refractivity contribution in [2.24, 2.45) is 0 Å². The molecule has 2 heterocycles. The maximum atomic E-state index is 4.39. The van der Waals surface area contributed by atoms with Crippen LogP contribution in [-0.4, -0.2) is 23.1 Å². The summed E-state index contributed by atoms with van der Waals surface area (Å²) in [6.45, 7) is 1.80. The van der Waals surface area contributed by atoms with Gasteiger partial charge in [0.1, 0.15) is 0 Å². The third-order valence-corrected chi connectivity index (χ3v) is 2.84. The molecule has 2 aromatic heterocycles. The van der Waals surface area contributed by atoms with Crippen LogP contribution in [0.1, 0.15) is 11.1 Å². The van der Waals surface area contributed by atoms with E-state index in [0.29, 0.717) is 0 Å². The lowest BCUT2D eigenvalue weighted by molar-refractivity contribution is -0.367. The highest BCUT2D eigenvalue weighted by molar-refractivity contribution is 5.55. The fourth-order valence-electron chi connectivity index (χ4n) is 1.95. The van der Waals surface area contributed by atoms with E-state index >= 15 is 0 Å². The van der Waals surface area contributed by atoms with Gasteiger partial charge < -0.3 is 11.5 Å². The SMILES string of the molecule is [NH3+]CCc1ccnc(-c2cc(CC[NH3+])ccn2)c1. The number of hydrogen-bond donors (Lipinski definition) is 2. The molecule has 0 unspecified atom stereocenters. The normalized spacial score (nSPS) is 10.6. The van der Waals surface area contributed by atoms with Crippen molar-refractivity contribution in [1.82, 2.24) is 9.97 Å². The van der Waals surface area contributed by atoms with Crippen LogP contribution < -0.4 is 11.5 Å². The molecule has 0 saturated heterocycles. The summed E-state index contributed by atoms with van der Waals surface area (Å²) in [6, 6.07) is 8.27. The molecule has 0 aliphatic carbocycles. The lowest BCUT2D eigenvalue weighted by Gasteiger charge is -2.04. The summed E-state index contributed by atoms with van der Waals surface area (Å²) in [5, 5.41) is 0. The van der Waals surface area contributed by atoms with Crippen LogP contribution in [0.15, 0.2) is 36.7 Å². The number of hydrogen-bond acceptors (Lipinski definition) is 2. The second-order valence-electron chi connectivity index (χ2n) is 4.31. The van der Waals surface area contributed by atoms with E-state index in [2.05, 4.69) is 33.6 Å². The van der Waals surface area contributed by atoms with Gasteiger partial charge in [-0.3, -0.25) is 9.97 Å². The first-order valence-corrected chi connectivity index (χ1v) is 6.32. The highest BCUT2D eigenvalue weighted by Crippen LogP contribution is 2.16. The summed E-state index contributed by atoms with van der Waals surface area (Å²) < 4.78 is 0. The molecule has 0 amide bonds. The molecule has 0 aliphatic heterocycles. The summed E-state index contributed by atoms with van der Waals surface area (Å²) >= 11 is 0. The van der Waals surface area contributed by atoms with Crippen LogP contribution >= 0.6 is 0 Å². The molecule has 6 N–H and O–H groups in total. The topological polar surface area (TPSA) is 81.1 Å². The zero-order chi connectivity index (χ0) is 12.8. The fraction of sp³-hybridized carbons (Fsp3) is 0.286. The zero-order valence-electron chi connectivity index (χ0n) is 10.6. The first-order chi connectivity index (χ1) is 8.83. The molecule has 2 aromatic rings. The van der Waals surface area contributed by atoms with Gasteiger partial charge >= 0.3 is 0 Å². The summed E-state index contributed by atoms with van der Waals surface area (Å²) in [5.74, 6) is 0. The Balaban J connectivity index is 2.29. The van der Waals surface area contributed by atoms with E-state index in [4.69, 9.17) is 0 Å². The highest BCUT2D eigenvalue weighted by atomic mass is 14.8. The van der Waals surface area contributed by atoms with Crippen LogP contribution in [0.3, 0.4) is 0 Å². The maximum Gasteiger partial charge on any atom is 0.0888 e. The quantitative estimate of drug-likeness (QED) is 0.758. The lowest BCUT2D eigenvalue weighted by Crippen LogP contribution is -2.51. The van der Waals surface area contributed by atoms with E-state index in [1.165, 1.54) is 11.1 Å². The van der Waals surface area contributed by atoms with Crippen molar-refractivity contribution in [3.8, 4) is 11.4 Å². The Morgan fingerprint density at radius 2 is 1.22 bits per heavy atom. The van der Waals surface area contributed by atoms with E-state index in [0.717, 1.165) is 37.3 Å². The third-order valence-electron chi connectivity index (χ3n) is 2.84. The van der Waals surface area contributed by atoms with Crippen molar-refractivity contribution in [3.63, 3.8) is 0 Å². The summed E-state index contributed by atoms with van der Waals surface area (Å²) in [5.41, 5.74) is 12.2. The molecule has 0 radical (unpaired) electrons. The molecule has 4 heteroatoms. The Morgan fingerprint density at radius 1 is 0.778 bits per heavy atom. The Hall–Kier alpha value is -1.78. The van der Waals surface area contributed by atoms with E-state index < -0.39 is 0 Å². The van der Waals surface area contributed by atoms with Crippen molar-refractivity contribution in [2.75, 3.05) is 13.1 Å². The van der Waals surface area contributed by atoms with Gasteiger partial charge in [0.15, 0.2) is 0 Å². The van der Waals surface area contributed by atoms with Gasteiger partial charge in [-0.15, -0.1) is 0 Å². The zero-order valence-corrected chi connectivity index (χ0v) is 10.6. The summed E-state index contributed by atoms with van der Waals surface area (Å²) in [6.07, 6.45) is 5.65. The van der Waals surface area contributed by atoms with Gasteiger partial charge in [0.05, 0.1) is 24.5 Å². The first kappa shape index (κ1) is 12.7. The fourth-order valence-corrected chi connectivity index (χ4v) is 1.95. The molecule has 0 fully saturated rings. The van der Waals surface area contributed by atoms with Gasteiger partial charge in [-0.05, 0) is 35.4 Å². The van der Waals surface area contributed by atoms with Crippen LogP contribution in [0.4, 0.5) is 0 Å². The molecule has 94 valence electrons. The number of quaternary nitrogens is 2. The van der Waals surface area contributed by atoms with Gasteiger partial charge in [0.25, 0.3) is 0 Å². The highest BCUT2D eigenvalue weighted by Gasteiger charge is 2.04. The van der Waals surface area contributed by atoms with Gasteiger partial charge in [-0.25, -0.2) is 0 Å². The maximum absolute atomic E-state index is 4.39. The second-order valence-corrected chi connectivity index (χ2v) is 4.31. The molecular formula is C14H20N4+2.